The molecule has 0 aromatic rings. The molecule has 1 rings (SSSR count). The van der Waals surface area contributed by atoms with Gasteiger partial charge in [-0.3, -0.25) is 0 Å². The molecule has 1 fully saturated rings. The van der Waals surface area contributed by atoms with Crippen molar-refractivity contribution in [3.63, 3.8) is 0 Å². The van der Waals surface area contributed by atoms with Crippen molar-refractivity contribution >= 4 is 5.97 Å². The molecular formula is C15H28O3. The maximum absolute atomic E-state index is 12.1. The summed E-state index contributed by atoms with van der Waals surface area (Å²) in [5.41, 5.74) is -1.27. The fourth-order valence-electron chi connectivity index (χ4n) is 3.45. The van der Waals surface area contributed by atoms with Crippen LogP contribution in [0.2, 0.25) is 0 Å². The number of esters is 1. The Kier molecular flexibility index (Phi) is 5.64. The van der Waals surface area contributed by atoms with Gasteiger partial charge >= 0.3 is 5.97 Å². The SMILES string of the molecule is CCCC(O)(C(=O)OCC)C1CC(C)CC(C)C1. The molecule has 0 aromatic carbocycles. The zero-order valence-corrected chi connectivity index (χ0v) is 12.2. The Morgan fingerprint density at radius 1 is 1.22 bits per heavy atom. The van der Waals surface area contributed by atoms with Crippen molar-refractivity contribution < 1.29 is 14.6 Å². The summed E-state index contributed by atoms with van der Waals surface area (Å²) in [7, 11) is 0. The first-order valence-corrected chi connectivity index (χ1v) is 7.33. The quantitative estimate of drug-likeness (QED) is 0.769. The molecule has 0 amide bonds. The van der Waals surface area contributed by atoms with Gasteiger partial charge in [-0.2, -0.15) is 0 Å². The number of hydrogen-bond donors (Lipinski definition) is 1. The molecule has 3 heteroatoms. The highest BCUT2D eigenvalue weighted by Gasteiger charge is 2.46. The van der Waals surface area contributed by atoms with Crippen molar-refractivity contribution in [1.29, 1.82) is 0 Å². The van der Waals surface area contributed by atoms with Crippen LogP contribution in [0.3, 0.4) is 0 Å². The van der Waals surface area contributed by atoms with Crippen LogP contribution in [-0.2, 0) is 9.53 Å². The van der Waals surface area contributed by atoms with Gasteiger partial charge in [0.25, 0.3) is 0 Å². The monoisotopic (exact) mass is 256 g/mol. The Bertz CT molecular complexity index is 267. The maximum atomic E-state index is 12.1. The van der Waals surface area contributed by atoms with Crippen molar-refractivity contribution in [2.24, 2.45) is 17.8 Å². The van der Waals surface area contributed by atoms with E-state index in [2.05, 4.69) is 13.8 Å². The summed E-state index contributed by atoms with van der Waals surface area (Å²) in [5, 5.41) is 10.8. The van der Waals surface area contributed by atoms with E-state index in [1.807, 2.05) is 6.92 Å². The molecular weight excluding hydrogens is 228 g/mol. The third kappa shape index (κ3) is 3.47. The molecule has 18 heavy (non-hydrogen) atoms. The van der Waals surface area contributed by atoms with Crippen molar-refractivity contribution in [3.8, 4) is 0 Å². The lowest BCUT2D eigenvalue weighted by Crippen LogP contribution is -2.49. The van der Waals surface area contributed by atoms with Crippen LogP contribution >= 0.6 is 0 Å². The summed E-state index contributed by atoms with van der Waals surface area (Å²) in [5.74, 6) is 0.793. The lowest BCUT2D eigenvalue weighted by Gasteiger charge is -2.40. The number of rotatable bonds is 5. The van der Waals surface area contributed by atoms with Crippen molar-refractivity contribution in [1.82, 2.24) is 0 Å². The van der Waals surface area contributed by atoms with Crippen molar-refractivity contribution in [2.75, 3.05) is 6.61 Å². The third-order valence-electron chi connectivity index (χ3n) is 4.11. The molecule has 1 N–H and O–H groups in total. The van der Waals surface area contributed by atoms with E-state index in [1.54, 1.807) is 6.92 Å². The van der Waals surface area contributed by atoms with Gasteiger partial charge in [-0.15, -0.1) is 0 Å². The number of hydrogen-bond acceptors (Lipinski definition) is 3. The van der Waals surface area contributed by atoms with Crippen molar-refractivity contribution in [2.45, 2.75) is 65.4 Å². The second-order valence-electron chi connectivity index (χ2n) is 6.01. The van der Waals surface area contributed by atoms with Crippen LogP contribution < -0.4 is 0 Å². The third-order valence-corrected chi connectivity index (χ3v) is 4.11. The zero-order valence-electron chi connectivity index (χ0n) is 12.2. The largest absolute Gasteiger partial charge is 0.464 e. The van der Waals surface area contributed by atoms with Crippen LogP contribution in [0.1, 0.15) is 59.8 Å². The van der Waals surface area contributed by atoms with Gasteiger partial charge in [0.1, 0.15) is 0 Å². The smallest absolute Gasteiger partial charge is 0.338 e. The summed E-state index contributed by atoms with van der Waals surface area (Å²) in [6.07, 6.45) is 4.37. The van der Waals surface area contributed by atoms with Crippen LogP contribution in [-0.4, -0.2) is 23.3 Å². The second kappa shape index (κ2) is 6.55. The van der Waals surface area contributed by atoms with Gasteiger partial charge < -0.3 is 9.84 Å². The minimum absolute atomic E-state index is 0.0512. The summed E-state index contributed by atoms with van der Waals surface area (Å²) in [6, 6.07) is 0. The number of carbonyl (C=O) groups excluding carboxylic acids is 1. The maximum Gasteiger partial charge on any atom is 0.338 e. The fourth-order valence-corrected chi connectivity index (χ4v) is 3.45. The predicted molar refractivity (Wildman–Crippen MR) is 72.2 cm³/mol. The molecule has 0 heterocycles. The Balaban J connectivity index is 2.85. The number of aliphatic hydroxyl groups is 1. The van der Waals surface area contributed by atoms with Gasteiger partial charge in [-0.1, -0.05) is 27.2 Å². The Morgan fingerprint density at radius 2 is 1.78 bits per heavy atom. The Morgan fingerprint density at radius 3 is 2.22 bits per heavy atom. The summed E-state index contributed by atoms with van der Waals surface area (Å²) in [6.45, 7) is 8.54. The molecule has 3 nitrogen and oxygen atoms in total. The molecule has 1 saturated carbocycles. The second-order valence-corrected chi connectivity index (χ2v) is 6.01. The standard InChI is InChI=1S/C15H28O3/c1-5-7-15(17,14(16)18-6-2)13-9-11(3)8-12(4)10-13/h11-13,17H,5-10H2,1-4H3. The first-order chi connectivity index (χ1) is 8.43. The highest BCUT2D eigenvalue weighted by molar-refractivity contribution is 5.79. The fraction of sp³-hybridized carbons (Fsp3) is 0.933. The highest BCUT2D eigenvalue weighted by Crippen LogP contribution is 2.41. The molecule has 3 unspecified atom stereocenters. The molecule has 0 radical (unpaired) electrons. The first kappa shape index (κ1) is 15.5. The summed E-state index contributed by atoms with van der Waals surface area (Å²) < 4.78 is 5.09. The molecule has 0 aromatic heterocycles. The molecule has 106 valence electrons. The van der Waals surface area contributed by atoms with Crippen LogP contribution in [0.4, 0.5) is 0 Å². The van der Waals surface area contributed by atoms with E-state index in [9.17, 15) is 9.90 Å². The van der Waals surface area contributed by atoms with Gasteiger partial charge in [0.2, 0.25) is 0 Å². The molecule has 3 atom stereocenters. The lowest BCUT2D eigenvalue weighted by atomic mass is 9.68. The van der Waals surface area contributed by atoms with Crippen LogP contribution in [0, 0.1) is 17.8 Å². The van der Waals surface area contributed by atoms with E-state index in [4.69, 9.17) is 4.74 Å². The van der Waals surface area contributed by atoms with Gasteiger partial charge in [-0.05, 0) is 50.4 Å². The normalized spacial score (nSPS) is 31.7. The zero-order chi connectivity index (χ0) is 13.8. The molecule has 0 spiro atoms. The van der Waals surface area contributed by atoms with E-state index in [-0.39, 0.29) is 5.92 Å². The highest BCUT2D eigenvalue weighted by atomic mass is 16.5. The lowest BCUT2D eigenvalue weighted by molar-refractivity contribution is -0.175. The molecule has 1 aliphatic rings. The minimum atomic E-state index is -1.27. The molecule has 0 aliphatic heterocycles. The Hall–Kier alpha value is -0.570. The average Bonchev–Trinajstić information content (AvgIpc) is 2.28. The van der Waals surface area contributed by atoms with E-state index >= 15 is 0 Å². The van der Waals surface area contributed by atoms with Crippen LogP contribution in [0.5, 0.6) is 0 Å². The molecule has 0 saturated heterocycles. The molecule has 0 bridgehead atoms. The summed E-state index contributed by atoms with van der Waals surface area (Å²) in [4.78, 5) is 12.1. The van der Waals surface area contributed by atoms with Gasteiger partial charge in [0, 0.05) is 0 Å². The van der Waals surface area contributed by atoms with Crippen LogP contribution in [0.25, 0.3) is 0 Å². The summed E-state index contributed by atoms with van der Waals surface area (Å²) >= 11 is 0. The number of ether oxygens (including phenoxy) is 1. The van der Waals surface area contributed by atoms with E-state index in [0.717, 1.165) is 19.3 Å². The topological polar surface area (TPSA) is 46.5 Å². The average molecular weight is 256 g/mol. The van der Waals surface area contributed by atoms with Crippen LogP contribution in [0.15, 0.2) is 0 Å². The predicted octanol–water partition coefficient (Wildman–Crippen LogP) is 3.15. The van der Waals surface area contributed by atoms with Gasteiger partial charge in [0.05, 0.1) is 6.61 Å². The van der Waals surface area contributed by atoms with Gasteiger partial charge in [0.15, 0.2) is 5.60 Å². The van der Waals surface area contributed by atoms with Crippen molar-refractivity contribution in [3.05, 3.63) is 0 Å². The van der Waals surface area contributed by atoms with E-state index in [0.29, 0.717) is 24.9 Å². The Labute approximate surface area is 111 Å². The van der Waals surface area contributed by atoms with Gasteiger partial charge in [-0.25, -0.2) is 4.79 Å². The first-order valence-electron chi connectivity index (χ1n) is 7.33. The number of carbonyl (C=O) groups is 1. The van der Waals surface area contributed by atoms with E-state index < -0.39 is 11.6 Å². The van der Waals surface area contributed by atoms with E-state index in [1.165, 1.54) is 6.42 Å². The molecule has 1 aliphatic carbocycles. The minimum Gasteiger partial charge on any atom is -0.464 e.